The summed E-state index contributed by atoms with van der Waals surface area (Å²) in [4.78, 5) is 21.9. The fourth-order valence-electron chi connectivity index (χ4n) is 4.03. The fourth-order valence-corrected chi connectivity index (χ4v) is 4.03. The van der Waals surface area contributed by atoms with Crippen molar-refractivity contribution in [3.63, 3.8) is 0 Å². The SMILES string of the molecule is CCCC(CCCCCCCCCC(CCCC(=O)O)OC(C)=O)OCc1ccccc1. The van der Waals surface area contributed by atoms with Crippen LogP contribution in [-0.4, -0.2) is 29.3 Å². The molecule has 0 saturated heterocycles. The third kappa shape index (κ3) is 15.9. The number of carbonyl (C=O) groups excluding carboxylic acids is 1. The molecule has 5 nitrogen and oxygen atoms in total. The number of benzene rings is 1. The van der Waals surface area contributed by atoms with Crippen molar-refractivity contribution in [1.82, 2.24) is 0 Å². The van der Waals surface area contributed by atoms with Crippen molar-refractivity contribution >= 4 is 11.9 Å². The third-order valence-electron chi connectivity index (χ3n) is 5.74. The van der Waals surface area contributed by atoms with Crippen molar-refractivity contribution in [1.29, 1.82) is 0 Å². The normalized spacial score (nSPS) is 12.9. The van der Waals surface area contributed by atoms with E-state index in [0.29, 0.717) is 25.6 Å². The fraction of sp³-hybridized carbons (Fsp3) is 0.704. The van der Waals surface area contributed by atoms with Gasteiger partial charge in [0, 0.05) is 13.3 Å². The van der Waals surface area contributed by atoms with Gasteiger partial charge >= 0.3 is 11.9 Å². The lowest BCUT2D eigenvalue weighted by atomic mass is 10.0. The summed E-state index contributed by atoms with van der Waals surface area (Å²) in [5.41, 5.74) is 1.24. The second-order valence-electron chi connectivity index (χ2n) is 8.78. The Morgan fingerprint density at radius 1 is 0.812 bits per heavy atom. The Labute approximate surface area is 194 Å². The minimum atomic E-state index is -0.796. The quantitative estimate of drug-likeness (QED) is 0.171. The molecule has 0 aliphatic rings. The monoisotopic (exact) mass is 448 g/mol. The zero-order valence-corrected chi connectivity index (χ0v) is 20.2. The maximum absolute atomic E-state index is 11.2. The Balaban J connectivity index is 2.07. The highest BCUT2D eigenvalue weighted by Gasteiger charge is 2.13. The minimum Gasteiger partial charge on any atom is -0.481 e. The lowest BCUT2D eigenvalue weighted by molar-refractivity contribution is -0.147. The maximum atomic E-state index is 11.2. The van der Waals surface area contributed by atoms with Crippen LogP contribution < -0.4 is 0 Å². The highest BCUT2D eigenvalue weighted by atomic mass is 16.5. The molecule has 1 rings (SSSR count). The number of hydrogen-bond donors (Lipinski definition) is 1. The average Bonchev–Trinajstić information content (AvgIpc) is 2.76. The van der Waals surface area contributed by atoms with Gasteiger partial charge in [-0.2, -0.15) is 0 Å². The lowest BCUT2D eigenvalue weighted by Crippen LogP contribution is -2.16. The van der Waals surface area contributed by atoms with Crippen molar-refractivity contribution in [2.24, 2.45) is 0 Å². The highest BCUT2D eigenvalue weighted by molar-refractivity contribution is 5.67. The van der Waals surface area contributed by atoms with E-state index in [1.54, 1.807) is 0 Å². The molecule has 0 aliphatic carbocycles. The molecule has 0 heterocycles. The number of aliphatic carboxylic acids is 1. The highest BCUT2D eigenvalue weighted by Crippen LogP contribution is 2.18. The number of carboxylic acids is 1. The van der Waals surface area contributed by atoms with Crippen LogP contribution in [0.1, 0.15) is 109 Å². The molecule has 0 radical (unpaired) electrons. The van der Waals surface area contributed by atoms with Crippen molar-refractivity contribution in [3.05, 3.63) is 35.9 Å². The van der Waals surface area contributed by atoms with Crippen LogP contribution in [0.25, 0.3) is 0 Å². The van der Waals surface area contributed by atoms with Crippen LogP contribution in [-0.2, 0) is 25.7 Å². The second-order valence-corrected chi connectivity index (χ2v) is 8.78. The lowest BCUT2D eigenvalue weighted by Gasteiger charge is -2.17. The summed E-state index contributed by atoms with van der Waals surface area (Å²) in [6.07, 6.45) is 14.1. The predicted molar refractivity (Wildman–Crippen MR) is 129 cm³/mol. The maximum Gasteiger partial charge on any atom is 0.303 e. The Morgan fingerprint density at radius 2 is 1.38 bits per heavy atom. The molecule has 0 amide bonds. The van der Waals surface area contributed by atoms with Gasteiger partial charge < -0.3 is 14.6 Å². The molecule has 1 aromatic rings. The Bertz CT molecular complexity index is 601. The Kier molecular flexibility index (Phi) is 16.4. The molecule has 2 atom stereocenters. The van der Waals surface area contributed by atoms with Gasteiger partial charge in [-0.25, -0.2) is 0 Å². The third-order valence-corrected chi connectivity index (χ3v) is 5.74. The van der Waals surface area contributed by atoms with Crippen molar-refractivity contribution < 1.29 is 24.2 Å². The number of esters is 1. The van der Waals surface area contributed by atoms with Gasteiger partial charge in [-0.1, -0.05) is 82.2 Å². The van der Waals surface area contributed by atoms with Gasteiger partial charge in [-0.05, 0) is 44.1 Å². The zero-order valence-electron chi connectivity index (χ0n) is 20.2. The van der Waals surface area contributed by atoms with E-state index in [2.05, 4.69) is 31.2 Å². The summed E-state index contributed by atoms with van der Waals surface area (Å²) in [7, 11) is 0. The van der Waals surface area contributed by atoms with Gasteiger partial charge in [0.2, 0.25) is 0 Å². The Hall–Kier alpha value is -1.88. The van der Waals surface area contributed by atoms with Gasteiger partial charge in [0.15, 0.2) is 0 Å². The molecule has 2 unspecified atom stereocenters. The number of carbonyl (C=O) groups is 2. The first-order chi connectivity index (χ1) is 15.5. The largest absolute Gasteiger partial charge is 0.481 e. The summed E-state index contributed by atoms with van der Waals surface area (Å²) < 4.78 is 11.5. The van der Waals surface area contributed by atoms with Crippen LogP contribution >= 0.6 is 0 Å². The van der Waals surface area contributed by atoms with E-state index >= 15 is 0 Å². The molecule has 0 fully saturated rings. The summed E-state index contributed by atoms with van der Waals surface area (Å²) in [5.74, 6) is -1.07. The standard InChI is InChI=1S/C27H44O5/c1-3-15-25(31-22-24-16-10-9-11-17-24)18-12-7-5-4-6-8-13-19-26(32-23(2)28)20-14-21-27(29)30/h9-11,16-17,25-26H,3-8,12-15,18-22H2,1-2H3,(H,29,30). The van der Waals surface area contributed by atoms with Crippen molar-refractivity contribution in [2.75, 3.05) is 0 Å². The van der Waals surface area contributed by atoms with Crippen LogP contribution in [0.3, 0.4) is 0 Å². The molecule has 0 bridgehead atoms. The van der Waals surface area contributed by atoms with E-state index in [1.165, 1.54) is 44.6 Å². The molecule has 0 spiro atoms. The average molecular weight is 449 g/mol. The Morgan fingerprint density at radius 3 is 1.94 bits per heavy atom. The molecule has 182 valence electrons. The van der Waals surface area contributed by atoms with Crippen LogP contribution in [0.2, 0.25) is 0 Å². The van der Waals surface area contributed by atoms with E-state index in [0.717, 1.165) is 38.5 Å². The first-order valence-electron chi connectivity index (χ1n) is 12.6. The van der Waals surface area contributed by atoms with Gasteiger partial charge in [0.25, 0.3) is 0 Å². The molecular weight excluding hydrogens is 404 g/mol. The molecule has 5 heteroatoms. The van der Waals surface area contributed by atoms with Crippen LogP contribution in [0, 0.1) is 0 Å². The van der Waals surface area contributed by atoms with Crippen LogP contribution in [0.15, 0.2) is 30.3 Å². The van der Waals surface area contributed by atoms with E-state index in [4.69, 9.17) is 14.6 Å². The predicted octanol–water partition coefficient (Wildman–Crippen LogP) is 7.07. The van der Waals surface area contributed by atoms with E-state index in [9.17, 15) is 9.59 Å². The van der Waals surface area contributed by atoms with Gasteiger partial charge in [-0.3, -0.25) is 9.59 Å². The summed E-state index contributed by atoms with van der Waals surface area (Å²) >= 11 is 0. The molecule has 0 aromatic heterocycles. The molecule has 1 aromatic carbocycles. The van der Waals surface area contributed by atoms with Gasteiger partial charge in [0.1, 0.15) is 6.10 Å². The smallest absolute Gasteiger partial charge is 0.303 e. The summed E-state index contributed by atoms with van der Waals surface area (Å²) in [6.45, 7) is 4.34. The molecule has 0 aliphatic heterocycles. The minimum absolute atomic E-state index is 0.133. The second kappa shape index (κ2) is 18.7. The van der Waals surface area contributed by atoms with E-state index in [-0.39, 0.29) is 18.5 Å². The van der Waals surface area contributed by atoms with E-state index < -0.39 is 5.97 Å². The molecule has 32 heavy (non-hydrogen) atoms. The first-order valence-corrected chi connectivity index (χ1v) is 12.6. The van der Waals surface area contributed by atoms with Crippen molar-refractivity contribution in [2.45, 2.75) is 123 Å². The molecular formula is C27H44O5. The number of rotatable bonds is 20. The number of ether oxygens (including phenoxy) is 2. The molecule has 1 N–H and O–H groups in total. The topological polar surface area (TPSA) is 72.8 Å². The van der Waals surface area contributed by atoms with Gasteiger partial charge in [0.05, 0.1) is 12.7 Å². The summed E-state index contributed by atoms with van der Waals surface area (Å²) in [6, 6.07) is 10.4. The zero-order chi connectivity index (χ0) is 23.4. The van der Waals surface area contributed by atoms with Gasteiger partial charge in [-0.15, -0.1) is 0 Å². The van der Waals surface area contributed by atoms with E-state index in [1.807, 2.05) is 6.07 Å². The van der Waals surface area contributed by atoms with Crippen molar-refractivity contribution in [3.8, 4) is 0 Å². The van der Waals surface area contributed by atoms with Crippen LogP contribution in [0.4, 0.5) is 0 Å². The molecule has 0 saturated carbocycles. The number of carboxylic acid groups (broad SMARTS) is 1. The number of unbranched alkanes of at least 4 members (excludes halogenated alkanes) is 6. The van der Waals surface area contributed by atoms with Crippen LogP contribution in [0.5, 0.6) is 0 Å². The first kappa shape index (κ1) is 28.2. The number of hydrogen-bond acceptors (Lipinski definition) is 4. The summed E-state index contributed by atoms with van der Waals surface area (Å²) in [5, 5.41) is 8.76.